The topological polar surface area (TPSA) is 109 Å². The fourth-order valence-electron chi connectivity index (χ4n) is 2.25. The molecule has 8 nitrogen and oxygen atoms in total. The second-order valence-corrected chi connectivity index (χ2v) is 6.30. The van der Waals surface area contributed by atoms with Crippen LogP contribution >= 0.6 is 23.8 Å². The van der Waals surface area contributed by atoms with E-state index in [2.05, 4.69) is 16.2 Å². The van der Waals surface area contributed by atoms with Crippen LogP contribution in [0.15, 0.2) is 65.1 Å². The molecule has 1 aromatic heterocycles. The number of rotatable bonds is 4. The van der Waals surface area contributed by atoms with Crippen LogP contribution in [0.5, 0.6) is 0 Å². The molecule has 0 fully saturated rings. The molecule has 1 heterocycles. The summed E-state index contributed by atoms with van der Waals surface area (Å²) in [5.41, 5.74) is 6.13. The highest BCUT2D eigenvalue weighted by atomic mass is 35.5. The molecule has 0 aliphatic carbocycles. The number of benzene rings is 2. The highest BCUT2D eigenvalue weighted by molar-refractivity contribution is 7.80. The lowest BCUT2D eigenvalue weighted by molar-refractivity contribution is -0.384. The van der Waals surface area contributed by atoms with Crippen LogP contribution in [0.4, 0.5) is 11.4 Å². The summed E-state index contributed by atoms with van der Waals surface area (Å²) in [6.45, 7) is 0. The van der Waals surface area contributed by atoms with Crippen molar-refractivity contribution in [2.45, 2.75) is 0 Å². The van der Waals surface area contributed by atoms with Gasteiger partial charge in [-0.25, -0.2) is 0 Å². The van der Waals surface area contributed by atoms with Crippen LogP contribution in [0.2, 0.25) is 5.02 Å². The average molecular weight is 417 g/mol. The Kier molecular flexibility index (Phi) is 5.87. The van der Waals surface area contributed by atoms with E-state index in [-0.39, 0.29) is 16.6 Å². The van der Waals surface area contributed by atoms with Gasteiger partial charge in [0.2, 0.25) is 0 Å². The molecule has 0 spiro atoms. The predicted molar refractivity (Wildman–Crippen MR) is 109 cm³/mol. The maximum absolute atomic E-state index is 12.2. The first kappa shape index (κ1) is 19.3. The van der Waals surface area contributed by atoms with E-state index in [1.807, 2.05) is 0 Å². The number of amides is 1. The average Bonchev–Trinajstić information content (AvgIpc) is 3.18. The lowest BCUT2D eigenvalue weighted by Crippen LogP contribution is -2.43. The first-order chi connectivity index (χ1) is 13.4. The third kappa shape index (κ3) is 4.64. The molecular formula is C18H13ClN4O4S. The van der Waals surface area contributed by atoms with Crippen LogP contribution in [-0.4, -0.2) is 15.9 Å². The monoisotopic (exact) mass is 416 g/mol. The lowest BCUT2D eigenvalue weighted by atomic mass is 10.1. The van der Waals surface area contributed by atoms with Crippen molar-refractivity contribution in [3.05, 3.63) is 81.6 Å². The molecule has 1 amide bonds. The van der Waals surface area contributed by atoms with Gasteiger partial charge in [-0.3, -0.25) is 25.8 Å². The molecule has 0 aliphatic rings. The van der Waals surface area contributed by atoms with Crippen molar-refractivity contribution >= 4 is 46.2 Å². The quantitative estimate of drug-likeness (QED) is 0.333. The summed E-state index contributed by atoms with van der Waals surface area (Å²) >= 11 is 11.1. The van der Waals surface area contributed by atoms with Gasteiger partial charge in [0.25, 0.3) is 5.69 Å². The zero-order chi connectivity index (χ0) is 20.1. The Morgan fingerprint density at radius 3 is 2.43 bits per heavy atom. The van der Waals surface area contributed by atoms with Gasteiger partial charge in [-0.05, 0) is 48.6 Å². The van der Waals surface area contributed by atoms with Gasteiger partial charge >= 0.3 is 5.91 Å². The van der Waals surface area contributed by atoms with E-state index in [1.165, 1.54) is 18.2 Å². The second kappa shape index (κ2) is 8.51. The number of nitro benzene ring substituents is 1. The van der Waals surface area contributed by atoms with Gasteiger partial charge in [0.1, 0.15) is 5.76 Å². The normalized spacial score (nSPS) is 10.2. The molecule has 0 saturated heterocycles. The minimum Gasteiger partial charge on any atom is -0.451 e. The number of non-ortho nitro benzene ring substituents is 1. The Hall–Kier alpha value is -3.43. The van der Waals surface area contributed by atoms with Crippen molar-refractivity contribution in [2.24, 2.45) is 0 Å². The number of carbonyl (C=O) groups excluding carboxylic acids is 1. The van der Waals surface area contributed by atoms with E-state index in [1.54, 1.807) is 42.5 Å². The largest absolute Gasteiger partial charge is 0.451 e. The molecule has 0 aliphatic heterocycles. The minimum atomic E-state index is -0.545. The molecule has 0 bridgehead atoms. The van der Waals surface area contributed by atoms with Crippen LogP contribution in [0.3, 0.4) is 0 Å². The van der Waals surface area contributed by atoms with E-state index >= 15 is 0 Å². The predicted octanol–water partition coefficient (Wildman–Crippen LogP) is 4.14. The van der Waals surface area contributed by atoms with Crippen molar-refractivity contribution in [2.75, 3.05) is 5.32 Å². The zero-order valence-electron chi connectivity index (χ0n) is 14.1. The number of hydrazine groups is 1. The number of furan rings is 1. The van der Waals surface area contributed by atoms with Crippen LogP contribution in [0.25, 0.3) is 11.3 Å². The van der Waals surface area contributed by atoms with E-state index in [0.29, 0.717) is 22.0 Å². The molecule has 0 atom stereocenters. The number of carbonyl (C=O) groups is 1. The number of para-hydroxylation sites is 1. The summed E-state index contributed by atoms with van der Waals surface area (Å²) in [5.74, 6) is -0.102. The van der Waals surface area contributed by atoms with Crippen molar-refractivity contribution in [3.63, 3.8) is 0 Å². The number of hydrogen-bond donors (Lipinski definition) is 3. The number of anilines is 1. The molecular weight excluding hydrogens is 404 g/mol. The van der Waals surface area contributed by atoms with E-state index in [9.17, 15) is 14.9 Å². The number of nitrogens with zero attached hydrogens (tertiary/aromatic N) is 1. The number of thiocarbonyl (C=S) groups is 1. The molecule has 28 heavy (non-hydrogen) atoms. The molecule has 10 heteroatoms. The Morgan fingerprint density at radius 1 is 1.04 bits per heavy atom. The molecule has 142 valence electrons. The SMILES string of the molecule is O=C(NNC(=S)Nc1ccccc1Cl)c1ccc(-c2ccc([N+](=O)[O-])cc2)o1. The van der Waals surface area contributed by atoms with Crippen LogP contribution in [0, 0.1) is 10.1 Å². The molecule has 0 saturated carbocycles. The summed E-state index contributed by atoms with van der Waals surface area (Å²) in [7, 11) is 0. The van der Waals surface area contributed by atoms with Crippen LogP contribution in [-0.2, 0) is 0 Å². The molecule has 2 aromatic carbocycles. The fourth-order valence-corrected chi connectivity index (χ4v) is 2.60. The third-order valence-electron chi connectivity index (χ3n) is 3.60. The van der Waals surface area contributed by atoms with Crippen molar-refractivity contribution in [1.82, 2.24) is 10.9 Å². The first-order valence-electron chi connectivity index (χ1n) is 7.90. The first-order valence-corrected chi connectivity index (χ1v) is 8.69. The Balaban J connectivity index is 1.59. The van der Waals surface area contributed by atoms with Gasteiger partial charge in [0.15, 0.2) is 10.9 Å². The molecule has 0 unspecified atom stereocenters. The highest BCUT2D eigenvalue weighted by Crippen LogP contribution is 2.24. The van der Waals surface area contributed by atoms with Crippen LogP contribution < -0.4 is 16.2 Å². The van der Waals surface area contributed by atoms with Crippen molar-refractivity contribution in [3.8, 4) is 11.3 Å². The number of hydrogen-bond acceptors (Lipinski definition) is 5. The van der Waals surface area contributed by atoms with Gasteiger partial charge in [0.05, 0.1) is 15.6 Å². The van der Waals surface area contributed by atoms with Crippen LogP contribution in [0.1, 0.15) is 10.6 Å². The molecule has 0 radical (unpaired) electrons. The number of nitrogens with one attached hydrogen (secondary N) is 3. The molecule has 3 aromatic rings. The van der Waals surface area contributed by atoms with Gasteiger partial charge in [-0.2, -0.15) is 0 Å². The zero-order valence-corrected chi connectivity index (χ0v) is 15.7. The second-order valence-electron chi connectivity index (χ2n) is 5.48. The number of nitro groups is 1. The summed E-state index contributed by atoms with van der Waals surface area (Å²) in [5, 5.41) is 14.2. The maximum atomic E-state index is 12.2. The van der Waals surface area contributed by atoms with E-state index in [0.717, 1.165) is 0 Å². The van der Waals surface area contributed by atoms with E-state index < -0.39 is 10.8 Å². The Labute approximate surface area is 169 Å². The molecule has 3 N–H and O–H groups in total. The number of halogens is 1. The smallest absolute Gasteiger partial charge is 0.305 e. The third-order valence-corrected chi connectivity index (χ3v) is 4.14. The van der Waals surface area contributed by atoms with Gasteiger partial charge < -0.3 is 9.73 Å². The lowest BCUT2D eigenvalue weighted by Gasteiger charge is -2.11. The summed E-state index contributed by atoms with van der Waals surface area (Å²) < 4.78 is 5.49. The van der Waals surface area contributed by atoms with Gasteiger partial charge in [0, 0.05) is 17.7 Å². The maximum Gasteiger partial charge on any atom is 0.305 e. The highest BCUT2D eigenvalue weighted by Gasteiger charge is 2.13. The Morgan fingerprint density at radius 2 is 1.75 bits per heavy atom. The van der Waals surface area contributed by atoms with Gasteiger partial charge in [-0.15, -0.1) is 0 Å². The fraction of sp³-hybridized carbons (Fsp3) is 0. The van der Waals surface area contributed by atoms with Gasteiger partial charge in [-0.1, -0.05) is 23.7 Å². The van der Waals surface area contributed by atoms with Crippen molar-refractivity contribution in [1.29, 1.82) is 0 Å². The Bertz CT molecular complexity index is 1040. The standard InChI is InChI=1S/C18H13ClN4O4S/c19-13-3-1-2-4-14(13)20-18(28)22-21-17(24)16-10-9-15(27-16)11-5-7-12(8-6-11)23(25)26/h1-10H,(H,21,24)(H2,20,22,28). The van der Waals surface area contributed by atoms with Crippen molar-refractivity contribution < 1.29 is 14.1 Å². The van der Waals surface area contributed by atoms with E-state index in [4.69, 9.17) is 28.2 Å². The summed E-state index contributed by atoms with van der Waals surface area (Å²) in [6, 6.07) is 15.9. The minimum absolute atomic E-state index is 0.0306. The molecule has 3 rings (SSSR count). The summed E-state index contributed by atoms with van der Waals surface area (Å²) in [6.07, 6.45) is 0. The summed E-state index contributed by atoms with van der Waals surface area (Å²) in [4.78, 5) is 22.4.